The molecule has 2 atom stereocenters. The summed E-state index contributed by atoms with van der Waals surface area (Å²) in [5.74, 6) is 0.201. The van der Waals surface area contributed by atoms with E-state index < -0.39 is 0 Å². The molecule has 3 heterocycles. The molecule has 5 heteroatoms. The fraction of sp³-hybridized carbons (Fsp3) is 0.778. The molecular weight excluding hydrogens is 290 g/mol. The molecule has 0 saturated carbocycles. The van der Waals surface area contributed by atoms with Gasteiger partial charge < -0.3 is 9.80 Å². The molecule has 0 aromatic rings. The molecule has 3 rings (SSSR count). The van der Waals surface area contributed by atoms with Crippen molar-refractivity contribution in [3.63, 3.8) is 0 Å². The predicted molar refractivity (Wildman–Crippen MR) is 89.9 cm³/mol. The molecule has 0 aromatic carbocycles. The van der Waals surface area contributed by atoms with E-state index in [1.54, 1.807) is 0 Å². The molecular formula is C18H29N3O2. The summed E-state index contributed by atoms with van der Waals surface area (Å²) in [6.07, 6.45) is 5.94. The summed E-state index contributed by atoms with van der Waals surface area (Å²) in [4.78, 5) is 31.4. The standard InChI is InChI=1S/C18H29N3O2/c1-3-19-8-5-7-16(19)13-21-12-15(10-17(21)22)18(23)20-9-4-6-14(2)11-20/h6,15-16H,3-5,7-13H2,1-2H3/t15-,16-/m1/s1. The smallest absolute Gasteiger partial charge is 0.228 e. The summed E-state index contributed by atoms with van der Waals surface area (Å²) in [7, 11) is 0. The van der Waals surface area contributed by atoms with E-state index in [0.717, 1.165) is 39.1 Å². The van der Waals surface area contributed by atoms with Crippen LogP contribution in [-0.4, -0.2) is 71.8 Å². The Morgan fingerprint density at radius 1 is 1.35 bits per heavy atom. The van der Waals surface area contributed by atoms with Gasteiger partial charge in [0.2, 0.25) is 11.8 Å². The Morgan fingerprint density at radius 3 is 2.91 bits per heavy atom. The first-order valence-corrected chi connectivity index (χ1v) is 9.04. The zero-order chi connectivity index (χ0) is 16.4. The minimum atomic E-state index is -0.134. The second kappa shape index (κ2) is 7.04. The Labute approximate surface area is 139 Å². The molecule has 3 aliphatic rings. The lowest BCUT2D eigenvalue weighted by molar-refractivity contribution is -0.135. The molecule has 2 saturated heterocycles. The van der Waals surface area contributed by atoms with Gasteiger partial charge in [-0.05, 0) is 39.3 Å². The fourth-order valence-electron chi connectivity index (χ4n) is 4.24. The van der Waals surface area contributed by atoms with E-state index in [9.17, 15) is 9.59 Å². The maximum atomic E-state index is 12.7. The van der Waals surface area contributed by atoms with Gasteiger partial charge in [0, 0.05) is 38.6 Å². The van der Waals surface area contributed by atoms with Crippen LogP contribution in [0.2, 0.25) is 0 Å². The maximum absolute atomic E-state index is 12.7. The highest BCUT2D eigenvalue weighted by Gasteiger charge is 2.38. The quantitative estimate of drug-likeness (QED) is 0.738. The van der Waals surface area contributed by atoms with Crippen molar-refractivity contribution in [1.82, 2.24) is 14.7 Å². The third-order valence-electron chi connectivity index (χ3n) is 5.54. The van der Waals surface area contributed by atoms with Gasteiger partial charge >= 0.3 is 0 Å². The molecule has 0 aromatic heterocycles. The van der Waals surface area contributed by atoms with Crippen molar-refractivity contribution in [1.29, 1.82) is 0 Å². The monoisotopic (exact) mass is 319 g/mol. The van der Waals surface area contributed by atoms with Crippen LogP contribution in [0.25, 0.3) is 0 Å². The predicted octanol–water partition coefficient (Wildman–Crippen LogP) is 1.50. The van der Waals surface area contributed by atoms with Gasteiger partial charge in [-0.25, -0.2) is 0 Å². The van der Waals surface area contributed by atoms with Gasteiger partial charge in [0.25, 0.3) is 0 Å². The van der Waals surface area contributed by atoms with Crippen molar-refractivity contribution >= 4 is 11.8 Å². The van der Waals surface area contributed by atoms with Gasteiger partial charge in [0.05, 0.1) is 5.92 Å². The van der Waals surface area contributed by atoms with E-state index in [2.05, 4.69) is 24.8 Å². The third kappa shape index (κ3) is 3.60. The topological polar surface area (TPSA) is 43.9 Å². The molecule has 23 heavy (non-hydrogen) atoms. The van der Waals surface area contributed by atoms with Crippen molar-refractivity contribution in [2.24, 2.45) is 5.92 Å². The number of amides is 2. The van der Waals surface area contributed by atoms with Crippen LogP contribution in [0.3, 0.4) is 0 Å². The number of nitrogens with zero attached hydrogens (tertiary/aromatic N) is 3. The average molecular weight is 319 g/mol. The summed E-state index contributed by atoms with van der Waals surface area (Å²) < 4.78 is 0. The normalized spacial score (nSPS) is 29.3. The van der Waals surface area contributed by atoms with Gasteiger partial charge in [-0.2, -0.15) is 0 Å². The van der Waals surface area contributed by atoms with Crippen LogP contribution >= 0.6 is 0 Å². The Morgan fingerprint density at radius 2 is 2.17 bits per heavy atom. The lowest BCUT2D eigenvalue weighted by Crippen LogP contribution is -2.42. The second-order valence-corrected chi connectivity index (χ2v) is 7.22. The van der Waals surface area contributed by atoms with Crippen molar-refractivity contribution in [2.45, 2.75) is 45.6 Å². The molecule has 2 fully saturated rings. The van der Waals surface area contributed by atoms with Crippen LogP contribution in [0.4, 0.5) is 0 Å². The molecule has 0 aliphatic carbocycles. The molecule has 2 amide bonds. The Hall–Kier alpha value is -1.36. The first kappa shape index (κ1) is 16.5. The minimum absolute atomic E-state index is 0.134. The highest BCUT2D eigenvalue weighted by Crippen LogP contribution is 2.25. The number of likely N-dealkylation sites (N-methyl/N-ethyl adjacent to an activating group) is 1. The van der Waals surface area contributed by atoms with E-state index in [4.69, 9.17) is 0 Å². The van der Waals surface area contributed by atoms with Gasteiger partial charge in [0.1, 0.15) is 0 Å². The summed E-state index contributed by atoms with van der Waals surface area (Å²) in [5, 5.41) is 0. The van der Waals surface area contributed by atoms with E-state index >= 15 is 0 Å². The number of hydrogen-bond acceptors (Lipinski definition) is 3. The number of likely N-dealkylation sites (tertiary alicyclic amines) is 2. The number of carbonyl (C=O) groups excluding carboxylic acids is 2. The molecule has 5 nitrogen and oxygen atoms in total. The molecule has 3 aliphatic heterocycles. The molecule has 128 valence electrons. The molecule has 0 N–H and O–H groups in total. The third-order valence-corrected chi connectivity index (χ3v) is 5.54. The van der Waals surface area contributed by atoms with Crippen molar-refractivity contribution < 1.29 is 9.59 Å². The Kier molecular flexibility index (Phi) is 5.05. The Bertz CT molecular complexity index is 502. The molecule has 0 spiro atoms. The van der Waals surface area contributed by atoms with Crippen LogP contribution in [0, 0.1) is 5.92 Å². The Balaban J connectivity index is 1.56. The number of hydrogen-bond donors (Lipinski definition) is 0. The van der Waals surface area contributed by atoms with Crippen molar-refractivity contribution in [3.05, 3.63) is 11.6 Å². The minimum Gasteiger partial charge on any atom is -0.340 e. The van der Waals surface area contributed by atoms with Crippen molar-refractivity contribution in [3.8, 4) is 0 Å². The van der Waals surface area contributed by atoms with E-state index in [-0.39, 0.29) is 17.7 Å². The zero-order valence-electron chi connectivity index (χ0n) is 14.5. The van der Waals surface area contributed by atoms with Gasteiger partial charge in [-0.3, -0.25) is 14.5 Å². The fourth-order valence-corrected chi connectivity index (χ4v) is 4.24. The zero-order valence-corrected chi connectivity index (χ0v) is 14.5. The molecule has 0 unspecified atom stereocenters. The molecule has 0 radical (unpaired) electrons. The average Bonchev–Trinajstić information content (AvgIpc) is 3.14. The summed E-state index contributed by atoms with van der Waals surface area (Å²) in [6.45, 7) is 9.40. The van der Waals surface area contributed by atoms with Gasteiger partial charge in [-0.15, -0.1) is 0 Å². The highest BCUT2D eigenvalue weighted by atomic mass is 16.2. The number of rotatable bonds is 4. The lowest BCUT2D eigenvalue weighted by atomic mass is 10.0. The summed E-state index contributed by atoms with van der Waals surface area (Å²) in [5.41, 5.74) is 1.26. The highest BCUT2D eigenvalue weighted by molar-refractivity contribution is 5.89. The van der Waals surface area contributed by atoms with Gasteiger partial charge in [-0.1, -0.05) is 18.6 Å². The second-order valence-electron chi connectivity index (χ2n) is 7.22. The van der Waals surface area contributed by atoms with Crippen LogP contribution in [0.1, 0.15) is 39.5 Å². The maximum Gasteiger partial charge on any atom is 0.228 e. The van der Waals surface area contributed by atoms with E-state index in [0.29, 0.717) is 19.0 Å². The summed E-state index contributed by atoms with van der Waals surface area (Å²) in [6, 6.07) is 0.484. The largest absolute Gasteiger partial charge is 0.340 e. The van der Waals surface area contributed by atoms with Crippen LogP contribution in [-0.2, 0) is 9.59 Å². The van der Waals surface area contributed by atoms with Crippen molar-refractivity contribution in [2.75, 3.05) is 39.3 Å². The number of carbonyl (C=O) groups is 2. The SMILES string of the molecule is CCN1CCC[C@@H]1CN1C[C@H](C(=O)N2CCC=C(C)C2)CC1=O. The summed E-state index contributed by atoms with van der Waals surface area (Å²) >= 11 is 0. The lowest BCUT2D eigenvalue weighted by Gasteiger charge is -2.29. The van der Waals surface area contributed by atoms with E-state index in [1.165, 1.54) is 18.4 Å². The van der Waals surface area contributed by atoms with Crippen LogP contribution in [0.5, 0.6) is 0 Å². The first-order valence-electron chi connectivity index (χ1n) is 9.04. The molecule has 0 bridgehead atoms. The van der Waals surface area contributed by atoms with Crippen LogP contribution < -0.4 is 0 Å². The van der Waals surface area contributed by atoms with Crippen LogP contribution in [0.15, 0.2) is 11.6 Å². The van der Waals surface area contributed by atoms with Gasteiger partial charge in [0.15, 0.2) is 0 Å². The first-order chi connectivity index (χ1) is 11.1. The van der Waals surface area contributed by atoms with E-state index in [1.807, 2.05) is 9.80 Å².